The van der Waals surface area contributed by atoms with Gasteiger partial charge in [0.1, 0.15) is 5.94 Å². The first-order valence-electron chi connectivity index (χ1n) is 6.54. The Hall–Kier alpha value is -2.64. The van der Waals surface area contributed by atoms with Crippen LogP contribution in [0.5, 0.6) is 0 Å². The predicted molar refractivity (Wildman–Crippen MR) is 79.3 cm³/mol. The second-order valence-corrected chi connectivity index (χ2v) is 4.63. The number of hydrogen-bond acceptors (Lipinski definition) is 3. The Balaban J connectivity index is 2.08. The maximum Gasteiger partial charge on any atom is 0.121 e. The molecule has 0 aromatic heterocycles. The number of fused-ring (bicyclic) bond motifs is 1. The molecule has 1 aliphatic rings. The fraction of sp³-hybridized carbons (Fsp3) is 0.118. The summed E-state index contributed by atoms with van der Waals surface area (Å²) >= 11 is 0. The van der Waals surface area contributed by atoms with Crippen LogP contribution in [-0.4, -0.2) is 23.7 Å². The maximum atomic E-state index is 10.5. The van der Waals surface area contributed by atoms with Gasteiger partial charge in [0.15, 0.2) is 0 Å². The number of nitrogens with zero attached hydrogens (tertiary/aromatic N) is 2. The van der Waals surface area contributed by atoms with Gasteiger partial charge in [0.2, 0.25) is 0 Å². The van der Waals surface area contributed by atoms with Gasteiger partial charge in [0.25, 0.3) is 0 Å². The van der Waals surface area contributed by atoms with E-state index in [0.717, 1.165) is 11.1 Å². The Morgan fingerprint density at radius 1 is 1.10 bits per heavy atom. The number of hydrazone groups is 1. The number of rotatable bonds is 3. The highest BCUT2D eigenvalue weighted by molar-refractivity contribution is 5.83. The van der Waals surface area contributed by atoms with Crippen LogP contribution in [0.15, 0.2) is 65.8 Å². The van der Waals surface area contributed by atoms with E-state index >= 15 is 0 Å². The molecule has 3 heteroatoms. The van der Waals surface area contributed by atoms with E-state index in [4.69, 9.17) is 0 Å². The molecule has 0 aliphatic carbocycles. The van der Waals surface area contributed by atoms with Gasteiger partial charge in [-0.25, -0.2) is 4.79 Å². The van der Waals surface area contributed by atoms with E-state index in [1.54, 1.807) is 0 Å². The number of hydrogen-bond donors (Lipinski definition) is 0. The molecule has 3 nitrogen and oxygen atoms in total. The highest BCUT2D eigenvalue weighted by Crippen LogP contribution is 2.33. The Labute approximate surface area is 117 Å². The zero-order valence-electron chi connectivity index (χ0n) is 10.9. The van der Waals surface area contributed by atoms with E-state index in [0.29, 0.717) is 6.54 Å². The van der Waals surface area contributed by atoms with Crippen LogP contribution in [0, 0.1) is 0 Å². The van der Waals surface area contributed by atoms with Gasteiger partial charge in [-0.05, 0) is 11.1 Å². The smallest absolute Gasteiger partial charge is 0.121 e. The van der Waals surface area contributed by atoms with Crippen molar-refractivity contribution in [1.29, 1.82) is 0 Å². The van der Waals surface area contributed by atoms with Gasteiger partial charge >= 0.3 is 0 Å². The minimum atomic E-state index is 0.0296. The normalized spacial score (nSPS) is 16.4. The van der Waals surface area contributed by atoms with E-state index in [-0.39, 0.29) is 6.04 Å². The minimum absolute atomic E-state index is 0.0296. The fourth-order valence-corrected chi connectivity index (χ4v) is 2.51. The van der Waals surface area contributed by atoms with Gasteiger partial charge in [-0.2, -0.15) is 5.10 Å². The summed E-state index contributed by atoms with van der Waals surface area (Å²) in [6.07, 6.45) is 3.30. The zero-order chi connectivity index (χ0) is 13.8. The zero-order valence-corrected chi connectivity index (χ0v) is 10.9. The molecule has 1 atom stereocenters. The third-order valence-corrected chi connectivity index (χ3v) is 3.41. The van der Waals surface area contributed by atoms with Crippen LogP contribution < -0.4 is 0 Å². The van der Waals surface area contributed by atoms with Crippen LogP contribution in [0.25, 0.3) is 0 Å². The van der Waals surface area contributed by atoms with Crippen molar-refractivity contribution < 1.29 is 4.79 Å². The van der Waals surface area contributed by atoms with Crippen LogP contribution >= 0.6 is 0 Å². The van der Waals surface area contributed by atoms with Crippen LogP contribution in [-0.2, 0) is 4.79 Å². The molecule has 0 bridgehead atoms. The molecule has 0 radical (unpaired) electrons. The molecule has 0 amide bonds. The van der Waals surface area contributed by atoms with Gasteiger partial charge in [-0.15, -0.1) is 0 Å². The summed E-state index contributed by atoms with van der Waals surface area (Å²) < 4.78 is 0. The SMILES string of the molecule is O=C=CCN1N=Cc2ccccc2[C@H]1c1ccccc1. The van der Waals surface area contributed by atoms with Crippen molar-refractivity contribution in [2.24, 2.45) is 5.10 Å². The average Bonchev–Trinajstić information content (AvgIpc) is 2.53. The van der Waals surface area contributed by atoms with Crippen molar-refractivity contribution in [3.8, 4) is 0 Å². The van der Waals surface area contributed by atoms with Gasteiger partial charge in [-0.1, -0.05) is 54.6 Å². The van der Waals surface area contributed by atoms with Crippen molar-refractivity contribution in [2.45, 2.75) is 6.04 Å². The summed E-state index contributed by atoms with van der Waals surface area (Å²) in [6, 6.07) is 18.4. The summed E-state index contributed by atoms with van der Waals surface area (Å²) in [6.45, 7) is 0.452. The Morgan fingerprint density at radius 3 is 2.65 bits per heavy atom. The van der Waals surface area contributed by atoms with E-state index in [1.165, 1.54) is 11.6 Å². The lowest BCUT2D eigenvalue weighted by Gasteiger charge is -2.32. The van der Waals surface area contributed by atoms with E-state index in [9.17, 15) is 4.79 Å². The summed E-state index contributed by atoms with van der Waals surface area (Å²) in [4.78, 5) is 10.5. The molecule has 1 aliphatic heterocycles. The first-order chi connectivity index (χ1) is 9.90. The van der Waals surface area contributed by atoms with Gasteiger partial charge in [0.05, 0.1) is 18.8 Å². The minimum Gasteiger partial charge on any atom is -0.280 e. The molecule has 0 N–H and O–H groups in total. The quantitative estimate of drug-likeness (QED) is 0.797. The van der Waals surface area contributed by atoms with Crippen LogP contribution in [0.2, 0.25) is 0 Å². The molecule has 0 saturated heterocycles. The third kappa shape index (κ3) is 2.27. The highest BCUT2D eigenvalue weighted by Gasteiger charge is 2.25. The Bertz CT molecular complexity index is 672. The van der Waals surface area contributed by atoms with Crippen molar-refractivity contribution in [3.63, 3.8) is 0 Å². The standard InChI is InChI=1S/C17H14N2O/c20-12-6-11-19-17(14-7-2-1-3-8-14)16-10-5-4-9-15(16)13-18-19/h1-10,13,17H,11H2/t17-/m1/s1. The lowest BCUT2D eigenvalue weighted by Crippen LogP contribution is -2.29. The number of benzene rings is 2. The molecular formula is C17H14N2O. The number of carbonyl (C=O) groups excluding carboxylic acids is 1. The fourth-order valence-electron chi connectivity index (χ4n) is 2.51. The Kier molecular flexibility index (Phi) is 3.44. The van der Waals surface area contributed by atoms with Gasteiger partial charge < -0.3 is 0 Å². The van der Waals surface area contributed by atoms with Crippen molar-refractivity contribution in [3.05, 3.63) is 77.4 Å². The molecule has 0 saturated carbocycles. The summed E-state index contributed by atoms with van der Waals surface area (Å²) in [5, 5.41) is 6.37. The molecule has 2 aromatic carbocycles. The summed E-state index contributed by atoms with van der Waals surface area (Å²) in [7, 11) is 0. The molecule has 0 spiro atoms. The molecule has 20 heavy (non-hydrogen) atoms. The monoisotopic (exact) mass is 262 g/mol. The topological polar surface area (TPSA) is 32.7 Å². The van der Waals surface area contributed by atoms with Crippen LogP contribution in [0.3, 0.4) is 0 Å². The third-order valence-electron chi connectivity index (χ3n) is 3.41. The van der Waals surface area contributed by atoms with E-state index < -0.39 is 0 Å². The van der Waals surface area contributed by atoms with Crippen molar-refractivity contribution >= 4 is 12.2 Å². The van der Waals surface area contributed by atoms with Gasteiger partial charge in [-0.3, -0.25) is 5.01 Å². The largest absolute Gasteiger partial charge is 0.280 e. The second kappa shape index (κ2) is 5.55. The lowest BCUT2D eigenvalue weighted by molar-refractivity contribution is 0.260. The predicted octanol–water partition coefficient (Wildman–Crippen LogP) is 2.81. The van der Waals surface area contributed by atoms with Crippen LogP contribution in [0.4, 0.5) is 0 Å². The average molecular weight is 262 g/mol. The highest BCUT2D eigenvalue weighted by atomic mass is 16.1. The first kappa shape index (κ1) is 12.4. The molecule has 0 fully saturated rings. The lowest BCUT2D eigenvalue weighted by atomic mass is 9.93. The Morgan fingerprint density at radius 2 is 1.85 bits per heavy atom. The van der Waals surface area contributed by atoms with Crippen LogP contribution in [0.1, 0.15) is 22.7 Å². The summed E-state index contributed by atoms with van der Waals surface area (Å²) in [5.41, 5.74) is 3.48. The molecule has 98 valence electrons. The first-order valence-corrected chi connectivity index (χ1v) is 6.54. The van der Waals surface area contributed by atoms with Crippen molar-refractivity contribution in [2.75, 3.05) is 6.54 Å². The molecule has 0 unspecified atom stereocenters. The van der Waals surface area contributed by atoms with E-state index in [1.807, 2.05) is 47.5 Å². The van der Waals surface area contributed by atoms with Crippen molar-refractivity contribution in [1.82, 2.24) is 5.01 Å². The second-order valence-electron chi connectivity index (χ2n) is 4.63. The van der Waals surface area contributed by atoms with Gasteiger partial charge in [0, 0.05) is 11.6 Å². The molecule has 1 heterocycles. The molecule has 3 rings (SSSR count). The summed E-state index contributed by atoms with van der Waals surface area (Å²) in [5.74, 6) is 1.82. The molecular weight excluding hydrogens is 248 g/mol. The maximum absolute atomic E-state index is 10.5. The molecule has 2 aromatic rings. The van der Waals surface area contributed by atoms with E-state index in [2.05, 4.69) is 29.4 Å².